The molecule has 4 heteroatoms. The van der Waals surface area contributed by atoms with Gasteiger partial charge in [-0.05, 0) is 36.1 Å². The maximum absolute atomic E-state index is 4.42. The number of rotatable bonds is 4. The molecule has 3 rings (SSSR count). The number of aromatic nitrogens is 3. The van der Waals surface area contributed by atoms with Gasteiger partial charge in [0.2, 0.25) is 0 Å². The Morgan fingerprint density at radius 1 is 1.37 bits per heavy atom. The number of hydrogen-bond acceptors (Lipinski definition) is 3. The number of benzene rings is 1. The van der Waals surface area contributed by atoms with Gasteiger partial charge in [0.1, 0.15) is 12.2 Å². The first kappa shape index (κ1) is 12.4. The Morgan fingerprint density at radius 3 is 3.21 bits per heavy atom. The van der Waals surface area contributed by atoms with Crippen LogP contribution >= 0.6 is 0 Å². The van der Waals surface area contributed by atoms with Crippen molar-refractivity contribution in [3.05, 3.63) is 47.0 Å². The average molecular weight is 256 g/mol. The zero-order valence-electron chi connectivity index (χ0n) is 11.4. The van der Waals surface area contributed by atoms with E-state index in [1.54, 1.807) is 6.33 Å². The smallest absolute Gasteiger partial charge is 0.138 e. The van der Waals surface area contributed by atoms with Gasteiger partial charge >= 0.3 is 0 Å². The van der Waals surface area contributed by atoms with Gasteiger partial charge in [0.15, 0.2) is 0 Å². The minimum absolute atomic E-state index is 0.892. The highest BCUT2D eigenvalue weighted by Gasteiger charge is 2.14. The van der Waals surface area contributed by atoms with Crippen molar-refractivity contribution in [2.24, 2.45) is 0 Å². The van der Waals surface area contributed by atoms with Crippen molar-refractivity contribution < 1.29 is 0 Å². The Labute approximate surface area is 113 Å². The summed E-state index contributed by atoms with van der Waals surface area (Å²) in [5, 5.41) is 7.73. The number of fused-ring (bicyclic) bond motifs is 1. The van der Waals surface area contributed by atoms with Crippen LogP contribution in [0.15, 0.2) is 24.5 Å². The molecule has 0 unspecified atom stereocenters. The molecule has 1 aliphatic heterocycles. The standard InChI is InChI=1S/C15H20N4/c1-2-8-19-15(17-11-18-19)9-12-4-3-5-13-10-16-7-6-14(12)13/h3-5,11,16H,2,6-10H2,1H3. The molecule has 1 N–H and O–H groups in total. The van der Waals surface area contributed by atoms with Gasteiger partial charge in [0, 0.05) is 19.5 Å². The van der Waals surface area contributed by atoms with Crippen molar-refractivity contribution >= 4 is 0 Å². The van der Waals surface area contributed by atoms with Crippen LogP contribution in [-0.4, -0.2) is 21.3 Å². The van der Waals surface area contributed by atoms with E-state index in [2.05, 4.69) is 40.5 Å². The van der Waals surface area contributed by atoms with Gasteiger partial charge in [0.25, 0.3) is 0 Å². The maximum Gasteiger partial charge on any atom is 0.138 e. The molecule has 0 spiro atoms. The van der Waals surface area contributed by atoms with E-state index >= 15 is 0 Å². The maximum atomic E-state index is 4.42. The Kier molecular flexibility index (Phi) is 3.60. The molecule has 100 valence electrons. The molecule has 0 radical (unpaired) electrons. The van der Waals surface area contributed by atoms with Gasteiger partial charge in [-0.3, -0.25) is 0 Å². The van der Waals surface area contributed by atoms with Crippen LogP contribution in [0.3, 0.4) is 0 Å². The van der Waals surface area contributed by atoms with Gasteiger partial charge < -0.3 is 5.32 Å². The number of hydrogen-bond donors (Lipinski definition) is 1. The summed E-state index contributed by atoms with van der Waals surface area (Å²) < 4.78 is 2.03. The summed E-state index contributed by atoms with van der Waals surface area (Å²) in [6, 6.07) is 6.61. The molecule has 2 heterocycles. The molecule has 0 saturated carbocycles. The molecule has 0 bridgehead atoms. The second-order valence-corrected chi connectivity index (χ2v) is 5.06. The van der Waals surface area contributed by atoms with Crippen molar-refractivity contribution in [3.63, 3.8) is 0 Å². The molecular weight excluding hydrogens is 236 g/mol. The first-order chi connectivity index (χ1) is 9.38. The molecule has 0 saturated heterocycles. The second kappa shape index (κ2) is 5.53. The lowest BCUT2D eigenvalue weighted by molar-refractivity contribution is 0.574. The number of nitrogens with one attached hydrogen (secondary N) is 1. The normalized spacial score (nSPS) is 14.4. The molecular formula is C15H20N4. The molecule has 0 atom stereocenters. The van der Waals surface area contributed by atoms with Crippen LogP contribution in [0, 0.1) is 0 Å². The molecule has 0 amide bonds. The van der Waals surface area contributed by atoms with Crippen molar-refractivity contribution in [1.82, 2.24) is 20.1 Å². The van der Waals surface area contributed by atoms with Crippen LogP contribution in [0.5, 0.6) is 0 Å². The Bertz CT molecular complexity index is 559. The van der Waals surface area contributed by atoms with Gasteiger partial charge in [-0.1, -0.05) is 25.1 Å². The van der Waals surface area contributed by atoms with Crippen LogP contribution in [0.25, 0.3) is 0 Å². The van der Waals surface area contributed by atoms with E-state index in [0.29, 0.717) is 0 Å². The molecule has 1 aliphatic rings. The van der Waals surface area contributed by atoms with Crippen LogP contribution in [-0.2, 0) is 25.9 Å². The SMILES string of the molecule is CCCn1ncnc1Cc1cccc2c1CCNC2. The van der Waals surface area contributed by atoms with Gasteiger partial charge in [0.05, 0.1) is 0 Å². The van der Waals surface area contributed by atoms with E-state index in [-0.39, 0.29) is 0 Å². The summed E-state index contributed by atoms with van der Waals surface area (Å²) in [4.78, 5) is 4.42. The molecule has 0 aliphatic carbocycles. The van der Waals surface area contributed by atoms with Gasteiger partial charge in [-0.25, -0.2) is 9.67 Å². The minimum Gasteiger partial charge on any atom is -0.312 e. The van der Waals surface area contributed by atoms with Crippen LogP contribution in [0.4, 0.5) is 0 Å². The fraction of sp³-hybridized carbons (Fsp3) is 0.467. The second-order valence-electron chi connectivity index (χ2n) is 5.06. The minimum atomic E-state index is 0.892. The van der Waals surface area contributed by atoms with Crippen molar-refractivity contribution in [1.29, 1.82) is 0 Å². The number of nitrogens with zero attached hydrogens (tertiary/aromatic N) is 3. The third kappa shape index (κ3) is 2.54. The van der Waals surface area contributed by atoms with E-state index in [1.807, 2.05) is 4.68 Å². The van der Waals surface area contributed by atoms with Crippen molar-refractivity contribution in [2.75, 3.05) is 6.54 Å². The summed E-state index contributed by atoms with van der Waals surface area (Å²) in [5.41, 5.74) is 4.35. The molecule has 1 aromatic carbocycles. The molecule has 19 heavy (non-hydrogen) atoms. The van der Waals surface area contributed by atoms with Crippen LogP contribution in [0.1, 0.15) is 35.9 Å². The molecule has 2 aromatic rings. The van der Waals surface area contributed by atoms with Crippen LogP contribution < -0.4 is 5.32 Å². The van der Waals surface area contributed by atoms with E-state index in [9.17, 15) is 0 Å². The van der Waals surface area contributed by atoms with Crippen molar-refractivity contribution in [2.45, 2.75) is 39.3 Å². The first-order valence-corrected chi connectivity index (χ1v) is 7.05. The zero-order chi connectivity index (χ0) is 13.1. The predicted octanol–water partition coefficient (Wildman–Crippen LogP) is 1.92. The Hall–Kier alpha value is -1.68. The highest BCUT2D eigenvalue weighted by molar-refractivity contribution is 5.38. The zero-order valence-corrected chi connectivity index (χ0v) is 11.4. The lowest BCUT2D eigenvalue weighted by Crippen LogP contribution is -2.24. The monoisotopic (exact) mass is 256 g/mol. The Morgan fingerprint density at radius 2 is 2.32 bits per heavy atom. The summed E-state index contributed by atoms with van der Waals surface area (Å²) in [6.45, 7) is 5.18. The van der Waals surface area contributed by atoms with Crippen LogP contribution in [0.2, 0.25) is 0 Å². The summed E-state index contributed by atoms with van der Waals surface area (Å²) in [7, 11) is 0. The van der Waals surface area contributed by atoms with Gasteiger partial charge in [-0.15, -0.1) is 0 Å². The number of aryl methyl sites for hydroxylation is 1. The highest BCUT2D eigenvalue weighted by atomic mass is 15.3. The lowest BCUT2D eigenvalue weighted by atomic mass is 9.94. The van der Waals surface area contributed by atoms with E-state index in [0.717, 1.165) is 44.7 Å². The quantitative estimate of drug-likeness (QED) is 0.909. The molecule has 1 aromatic heterocycles. The lowest BCUT2D eigenvalue weighted by Gasteiger charge is -2.20. The Balaban J connectivity index is 1.88. The highest BCUT2D eigenvalue weighted by Crippen LogP contribution is 2.20. The van der Waals surface area contributed by atoms with Crippen molar-refractivity contribution in [3.8, 4) is 0 Å². The third-order valence-corrected chi connectivity index (χ3v) is 3.72. The largest absolute Gasteiger partial charge is 0.312 e. The summed E-state index contributed by atoms with van der Waals surface area (Å²) >= 11 is 0. The third-order valence-electron chi connectivity index (χ3n) is 3.72. The summed E-state index contributed by atoms with van der Waals surface area (Å²) in [6.07, 6.45) is 4.77. The predicted molar refractivity (Wildman–Crippen MR) is 75.0 cm³/mol. The van der Waals surface area contributed by atoms with E-state index in [1.165, 1.54) is 16.7 Å². The fourth-order valence-electron chi connectivity index (χ4n) is 2.77. The molecule has 0 fully saturated rings. The first-order valence-electron chi connectivity index (χ1n) is 7.05. The molecule has 4 nitrogen and oxygen atoms in total. The van der Waals surface area contributed by atoms with E-state index < -0.39 is 0 Å². The summed E-state index contributed by atoms with van der Waals surface area (Å²) in [5.74, 6) is 1.08. The fourth-order valence-corrected chi connectivity index (χ4v) is 2.77. The topological polar surface area (TPSA) is 42.7 Å². The van der Waals surface area contributed by atoms with Gasteiger partial charge in [-0.2, -0.15) is 5.10 Å². The average Bonchev–Trinajstić information content (AvgIpc) is 2.87. The van der Waals surface area contributed by atoms with E-state index in [4.69, 9.17) is 0 Å².